The highest BCUT2D eigenvalue weighted by Crippen LogP contribution is 2.28. The lowest BCUT2D eigenvalue weighted by molar-refractivity contribution is -0.274. The van der Waals surface area contributed by atoms with E-state index < -0.39 is 30.0 Å². The first-order chi connectivity index (χ1) is 14.5. The number of amides is 3. The molecular weight excluding hydrogens is 417 g/mol. The van der Waals surface area contributed by atoms with Gasteiger partial charge in [0.05, 0.1) is 17.6 Å². The highest BCUT2D eigenvalue weighted by molar-refractivity contribution is 5.87. The number of carbonyl (C=O) groups excluding carboxylic acids is 3. The number of piperidine rings is 1. The molecule has 1 fully saturated rings. The van der Waals surface area contributed by atoms with Gasteiger partial charge >= 0.3 is 6.36 Å². The highest BCUT2D eigenvalue weighted by atomic mass is 19.4. The second kappa shape index (κ2) is 10.1. The minimum Gasteiger partial charge on any atom is -0.405 e. The van der Waals surface area contributed by atoms with Crippen molar-refractivity contribution in [3.63, 3.8) is 0 Å². The number of nitrogens with one attached hydrogen (secondary N) is 2. The SMILES string of the molecule is CC(=O)NC(C)C(=O)N1CCCC(C(=O)NCc2ccc(C#N)cc2OC(F)(F)F)C1. The van der Waals surface area contributed by atoms with Gasteiger partial charge in [-0.1, -0.05) is 6.07 Å². The molecule has 0 aliphatic carbocycles. The van der Waals surface area contributed by atoms with Crippen LogP contribution in [0, 0.1) is 17.2 Å². The minimum atomic E-state index is -4.94. The molecule has 1 aliphatic rings. The molecule has 1 aliphatic heterocycles. The van der Waals surface area contributed by atoms with E-state index in [2.05, 4.69) is 15.4 Å². The molecule has 31 heavy (non-hydrogen) atoms. The maximum atomic E-state index is 12.7. The lowest BCUT2D eigenvalue weighted by Crippen LogP contribution is -2.51. The predicted molar refractivity (Wildman–Crippen MR) is 102 cm³/mol. The van der Waals surface area contributed by atoms with Crippen LogP contribution in [0.3, 0.4) is 0 Å². The second-order valence-electron chi connectivity index (χ2n) is 7.25. The molecule has 11 heteroatoms. The first kappa shape index (κ1) is 24.0. The van der Waals surface area contributed by atoms with Crippen LogP contribution < -0.4 is 15.4 Å². The van der Waals surface area contributed by atoms with Crippen LogP contribution in [0.4, 0.5) is 13.2 Å². The fraction of sp³-hybridized carbons (Fsp3) is 0.500. The van der Waals surface area contributed by atoms with Gasteiger partial charge in [0.1, 0.15) is 11.8 Å². The maximum Gasteiger partial charge on any atom is 0.573 e. The van der Waals surface area contributed by atoms with Crippen molar-refractivity contribution in [3.05, 3.63) is 29.3 Å². The van der Waals surface area contributed by atoms with Crippen LogP contribution in [-0.2, 0) is 20.9 Å². The maximum absolute atomic E-state index is 12.7. The smallest absolute Gasteiger partial charge is 0.405 e. The van der Waals surface area contributed by atoms with Crippen molar-refractivity contribution in [2.24, 2.45) is 5.92 Å². The van der Waals surface area contributed by atoms with Gasteiger partial charge in [0, 0.05) is 32.1 Å². The summed E-state index contributed by atoms with van der Waals surface area (Å²) in [6.07, 6.45) is -3.85. The number of carbonyl (C=O) groups is 3. The van der Waals surface area contributed by atoms with E-state index in [1.807, 2.05) is 0 Å². The third-order valence-corrected chi connectivity index (χ3v) is 4.77. The molecule has 2 atom stereocenters. The Hall–Kier alpha value is -3.29. The number of rotatable bonds is 6. The molecule has 168 valence electrons. The summed E-state index contributed by atoms with van der Waals surface area (Å²) in [5.74, 6) is -2.15. The lowest BCUT2D eigenvalue weighted by atomic mass is 9.96. The first-order valence-corrected chi connectivity index (χ1v) is 9.62. The zero-order valence-corrected chi connectivity index (χ0v) is 17.1. The van der Waals surface area contributed by atoms with Gasteiger partial charge in [0.15, 0.2) is 0 Å². The van der Waals surface area contributed by atoms with Crippen molar-refractivity contribution in [2.75, 3.05) is 13.1 Å². The molecule has 0 aromatic heterocycles. The van der Waals surface area contributed by atoms with E-state index in [4.69, 9.17) is 5.26 Å². The summed E-state index contributed by atoms with van der Waals surface area (Å²) in [5.41, 5.74) is 0.0525. The van der Waals surface area contributed by atoms with E-state index in [0.29, 0.717) is 19.4 Å². The molecule has 1 saturated heterocycles. The third-order valence-electron chi connectivity index (χ3n) is 4.77. The normalized spacial score (nSPS) is 17.3. The monoisotopic (exact) mass is 440 g/mol. The van der Waals surface area contributed by atoms with E-state index in [1.54, 1.807) is 13.0 Å². The number of nitrogens with zero attached hydrogens (tertiary/aromatic N) is 2. The number of alkyl halides is 3. The minimum absolute atomic E-state index is 0.0101. The Labute approximate surface area is 177 Å². The molecule has 8 nitrogen and oxygen atoms in total. The molecule has 0 saturated carbocycles. The molecule has 2 unspecified atom stereocenters. The van der Waals surface area contributed by atoms with Crippen molar-refractivity contribution in [3.8, 4) is 11.8 Å². The van der Waals surface area contributed by atoms with Crippen LogP contribution in [0.2, 0.25) is 0 Å². The first-order valence-electron chi connectivity index (χ1n) is 9.62. The summed E-state index contributed by atoms with van der Waals surface area (Å²) in [4.78, 5) is 37.7. The molecular formula is C20H23F3N4O4. The van der Waals surface area contributed by atoms with Crippen LogP contribution in [-0.4, -0.2) is 48.1 Å². The fourth-order valence-electron chi connectivity index (χ4n) is 3.35. The summed E-state index contributed by atoms with van der Waals surface area (Å²) in [7, 11) is 0. The predicted octanol–water partition coefficient (Wildman–Crippen LogP) is 1.84. The molecule has 2 N–H and O–H groups in total. The third kappa shape index (κ3) is 7.16. The fourth-order valence-corrected chi connectivity index (χ4v) is 3.35. The standard InChI is InChI=1S/C20H23F3N4O4/c1-12(26-13(2)28)19(30)27-7-3-4-16(11-27)18(29)25-10-15-6-5-14(9-24)8-17(15)31-20(21,22)23/h5-6,8,12,16H,3-4,7,10-11H2,1-2H3,(H,25,29)(H,26,28). The zero-order valence-electron chi connectivity index (χ0n) is 17.1. The second-order valence-corrected chi connectivity index (χ2v) is 7.25. The van der Waals surface area contributed by atoms with Crippen molar-refractivity contribution >= 4 is 17.7 Å². The summed E-state index contributed by atoms with van der Waals surface area (Å²) in [6.45, 7) is 3.22. The van der Waals surface area contributed by atoms with Crippen molar-refractivity contribution < 1.29 is 32.3 Å². The Kier molecular flexibility index (Phi) is 7.85. The summed E-state index contributed by atoms with van der Waals surface area (Å²) in [6, 6.07) is 4.58. The van der Waals surface area contributed by atoms with Crippen LogP contribution in [0.15, 0.2) is 18.2 Å². The van der Waals surface area contributed by atoms with E-state index in [0.717, 1.165) is 6.07 Å². The summed E-state index contributed by atoms with van der Waals surface area (Å²) >= 11 is 0. The van der Waals surface area contributed by atoms with Crippen LogP contribution in [0.25, 0.3) is 0 Å². The van der Waals surface area contributed by atoms with E-state index in [9.17, 15) is 27.6 Å². The molecule has 1 heterocycles. The van der Waals surface area contributed by atoms with Gasteiger partial charge in [-0.05, 0) is 31.9 Å². The Bertz CT molecular complexity index is 882. The summed E-state index contributed by atoms with van der Waals surface area (Å²) < 4.78 is 41.9. The highest BCUT2D eigenvalue weighted by Gasteiger charge is 2.33. The van der Waals surface area contributed by atoms with Crippen molar-refractivity contribution in [1.82, 2.24) is 15.5 Å². The number of halogens is 3. The molecule has 1 aromatic carbocycles. The van der Waals surface area contributed by atoms with Crippen LogP contribution >= 0.6 is 0 Å². The molecule has 2 rings (SSSR count). The van der Waals surface area contributed by atoms with Gasteiger partial charge in [-0.25, -0.2) is 0 Å². The van der Waals surface area contributed by atoms with E-state index >= 15 is 0 Å². The van der Waals surface area contributed by atoms with E-state index in [1.165, 1.54) is 24.0 Å². The number of benzene rings is 1. The molecule has 0 radical (unpaired) electrons. The van der Waals surface area contributed by atoms with Crippen molar-refractivity contribution in [2.45, 2.75) is 45.6 Å². The Morgan fingerprint density at radius 3 is 2.68 bits per heavy atom. The molecule has 1 aromatic rings. The van der Waals surface area contributed by atoms with Gasteiger partial charge < -0.3 is 20.3 Å². The van der Waals surface area contributed by atoms with Gasteiger partial charge in [0.2, 0.25) is 17.7 Å². The number of ether oxygens (including phenoxy) is 1. The number of likely N-dealkylation sites (tertiary alicyclic amines) is 1. The average Bonchev–Trinajstić information content (AvgIpc) is 2.70. The lowest BCUT2D eigenvalue weighted by Gasteiger charge is -2.33. The number of hydrogen-bond donors (Lipinski definition) is 2. The Morgan fingerprint density at radius 2 is 2.06 bits per heavy atom. The molecule has 3 amide bonds. The van der Waals surface area contributed by atoms with Gasteiger partial charge in [0.25, 0.3) is 0 Å². The average molecular weight is 440 g/mol. The topological polar surface area (TPSA) is 112 Å². The van der Waals surface area contributed by atoms with Gasteiger partial charge in [-0.2, -0.15) is 5.26 Å². The number of nitriles is 1. The molecule has 0 spiro atoms. The zero-order chi connectivity index (χ0) is 23.2. The summed E-state index contributed by atoms with van der Waals surface area (Å²) in [5, 5.41) is 14.0. The number of hydrogen-bond acceptors (Lipinski definition) is 5. The van der Waals surface area contributed by atoms with Gasteiger partial charge in [-0.3, -0.25) is 14.4 Å². The van der Waals surface area contributed by atoms with Crippen LogP contribution in [0.5, 0.6) is 5.75 Å². The van der Waals surface area contributed by atoms with Crippen LogP contribution in [0.1, 0.15) is 37.8 Å². The molecule has 0 bridgehead atoms. The van der Waals surface area contributed by atoms with Gasteiger partial charge in [-0.15, -0.1) is 13.2 Å². The largest absolute Gasteiger partial charge is 0.573 e. The van der Waals surface area contributed by atoms with E-state index in [-0.39, 0.29) is 36.0 Å². The Balaban J connectivity index is 2.01. The van der Waals surface area contributed by atoms with Crippen molar-refractivity contribution in [1.29, 1.82) is 5.26 Å². The quantitative estimate of drug-likeness (QED) is 0.701. The Morgan fingerprint density at radius 1 is 1.35 bits per heavy atom.